The van der Waals surface area contributed by atoms with Crippen molar-refractivity contribution in [2.45, 2.75) is 19.6 Å². The van der Waals surface area contributed by atoms with E-state index in [2.05, 4.69) is 23.3 Å². The van der Waals surface area contributed by atoms with Gasteiger partial charge in [0.15, 0.2) is 0 Å². The zero-order chi connectivity index (χ0) is 5.21. The van der Waals surface area contributed by atoms with Gasteiger partial charge in [0, 0.05) is 0 Å². The van der Waals surface area contributed by atoms with E-state index in [9.17, 15) is 0 Å². The van der Waals surface area contributed by atoms with Crippen LogP contribution in [0.2, 0.25) is 19.6 Å². The van der Waals surface area contributed by atoms with E-state index in [0.29, 0.717) is 0 Å². The molecule has 0 rings (SSSR count). The molecule has 8 heavy (non-hydrogen) atoms. The molecule has 0 heterocycles. The Kier molecular flexibility index (Phi) is 13.2. The molecule has 5 heteroatoms. The topological polar surface area (TPSA) is 12.0 Å². The van der Waals surface area contributed by atoms with Crippen molar-refractivity contribution in [2.24, 2.45) is 0 Å². The summed E-state index contributed by atoms with van der Waals surface area (Å²) in [7, 11) is -0.853. The van der Waals surface area contributed by atoms with Crippen LogP contribution >= 0.6 is 0 Å². The van der Waals surface area contributed by atoms with E-state index in [1.807, 2.05) is 0 Å². The van der Waals surface area contributed by atoms with E-state index < -0.39 is 8.24 Å². The van der Waals surface area contributed by atoms with Gasteiger partial charge in [0.2, 0.25) is 0 Å². The molecule has 1 nitrogen and oxygen atoms in total. The van der Waals surface area contributed by atoms with E-state index in [-0.39, 0.29) is 24.8 Å². The van der Waals surface area contributed by atoms with Gasteiger partial charge in [-0.1, -0.05) is 0 Å². The third kappa shape index (κ3) is 15.7. The Morgan fingerprint density at radius 2 is 1.25 bits per heavy atom. The Morgan fingerprint density at radius 3 is 1.25 bits per heavy atom. The minimum atomic E-state index is -0.853. The van der Waals surface area contributed by atoms with Gasteiger partial charge in [-0.05, 0) is 0 Å². The van der Waals surface area contributed by atoms with Gasteiger partial charge in [-0.15, -0.1) is 0 Å². The third-order valence-corrected chi connectivity index (χ3v) is 6.75. The Labute approximate surface area is 75.1 Å². The molecule has 0 saturated heterocycles. The summed E-state index contributed by atoms with van der Waals surface area (Å²) in [5.41, 5.74) is 0. The molecule has 0 aromatic carbocycles. The molecular weight excluding hydrogens is 219 g/mol. The molecular formula is C3H10Cl2GaNSi. The van der Waals surface area contributed by atoms with Crippen molar-refractivity contribution in [2.75, 3.05) is 0 Å². The van der Waals surface area contributed by atoms with Gasteiger partial charge in [-0.25, -0.2) is 0 Å². The normalized spacial score (nSPS) is 9.12. The Balaban J connectivity index is -0.000000125. The van der Waals surface area contributed by atoms with Gasteiger partial charge in [0.1, 0.15) is 0 Å². The molecule has 0 aliphatic rings. The fourth-order valence-corrected chi connectivity index (χ4v) is 0. The summed E-state index contributed by atoms with van der Waals surface area (Å²) < 4.78 is 3.31. The predicted molar refractivity (Wildman–Crippen MR) is 32.2 cm³/mol. The van der Waals surface area contributed by atoms with Crippen molar-refractivity contribution < 1.29 is 24.8 Å². The summed E-state index contributed by atoms with van der Waals surface area (Å²) in [5, 5.41) is 0. The van der Waals surface area contributed by atoms with E-state index in [1.54, 1.807) is 18.8 Å². The molecule has 0 aliphatic heterocycles. The SMILES string of the molecule is C[Si](C)(C)[NH][Ga+2].[Cl-].[Cl-]. The van der Waals surface area contributed by atoms with Gasteiger partial charge in [-0.2, -0.15) is 0 Å². The molecule has 0 unspecified atom stereocenters. The van der Waals surface area contributed by atoms with Gasteiger partial charge in [0.05, 0.1) is 0 Å². The van der Waals surface area contributed by atoms with Crippen LogP contribution in [-0.4, -0.2) is 27.1 Å². The van der Waals surface area contributed by atoms with Crippen molar-refractivity contribution in [3.05, 3.63) is 0 Å². The first kappa shape index (κ1) is 16.2. The van der Waals surface area contributed by atoms with Crippen molar-refractivity contribution in [1.29, 1.82) is 0 Å². The molecule has 1 N–H and O–H groups in total. The maximum atomic E-state index is 3.31. The molecule has 0 saturated carbocycles. The Bertz CT molecular complexity index is 47.0. The summed E-state index contributed by atoms with van der Waals surface area (Å²) in [6.07, 6.45) is 0. The van der Waals surface area contributed by atoms with Crippen LogP contribution in [0, 0.1) is 0 Å². The summed E-state index contributed by atoms with van der Waals surface area (Å²) in [4.78, 5) is 0. The molecule has 0 fully saturated rings. The van der Waals surface area contributed by atoms with E-state index in [1.165, 1.54) is 0 Å². The molecule has 0 aromatic heterocycles. The first-order chi connectivity index (χ1) is 2.56. The second-order valence-corrected chi connectivity index (χ2v) is 9.00. The number of hydrogen-bond acceptors (Lipinski definition) is 1. The zero-order valence-corrected chi connectivity index (χ0v) is 10.3. The number of hydrogen-bond donors (Lipinski definition) is 1. The van der Waals surface area contributed by atoms with E-state index >= 15 is 0 Å². The quantitative estimate of drug-likeness (QED) is 0.442. The Hall–Kier alpha value is 1.39. The monoisotopic (exact) mass is 227 g/mol. The first-order valence-electron chi connectivity index (χ1n) is 2.04. The van der Waals surface area contributed by atoms with Crippen LogP contribution in [0.3, 0.4) is 0 Å². The van der Waals surface area contributed by atoms with Crippen LogP contribution in [0.15, 0.2) is 0 Å². The number of halogens is 2. The second kappa shape index (κ2) is 6.51. The minimum absolute atomic E-state index is 0. The molecule has 0 bridgehead atoms. The standard InChI is InChI=1S/C3H10NSi.2ClH.Ga/c1-5(2,3)4;;;/h4H,1-3H3;2*1H;/q-1;;;+3/p-2. The van der Waals surface area contributed by atoms with Crippen molar-refractivity contribution in [1.82, 2.24) is 3.69 Å². The maximum absolute atomic E-state index is 3.31. The molecule has 0 aliphatic carbocycles. The molecule has 0 aromatic rings. The fourth-order valence-electron chi connectivity index (χ4n) is 0. The van der Waals surface area contributed by atoms with Crippen LogP contribution in [-0.2, 0) is 0 Å². The largest absolute Gasteiger partial charge is 1.00 e. The fraction of sp³-hybridized carbons (Fsp3) is 1.00. The van der Waals surface area contributed by atoms with Gasteiger partial charge < -0.3 is 24.8 Å². The average Bonchev–Trinajstić information content (AvgIpc) is 1.35. The molecule has 48 valence electrons. The van der Waals surface area contributed by atoms with Crippen molar-refractivity contribution in [3.8, 4) is 0 Å². The summed E-state index contributed by atoms with van der Waals surface area (Å²) >= 11 is 1.63. The summed E-state index contributed by atoms with van der Waals surface area (Å²) in [6.45, 7) is 6.86. The molecule has 0 amide bonds. The van der Waals surface area contributed by atoms with Gasteiger partial charge >= 0.3 is 50.4 Å². The number of nitrogens with one attached hydrogen (secondary N) is 1. The van der Waals surface area contributed by atoms with Gasteiger partial charge in [0.25, 0.3) is 0 Å². The number of rotatable bonds is 1. The smallest absolute Gasteiger partial charge is 1.00 e. The second-order valence-electron chi connectivity index (χ2n) is 2.39. The maximum Gasteiger partial charge on any atom is -1.00 e. The van der Waals surface area contributed by atoms with Crippen molar-refractivity contribution in [3.63, 3.8) is 0 Å². The Morgan fingerprint density at radius 1 is 1.12 bits per heavy atom. The van der Waals surface area contributed by atoms with Crippen LogP contribution < -0.4 is 28.5 Å². The van der Waals surface area contributed by atoms with E-state index in [0.717, 1.165) is 0 Å². The van der Waals surface area contributed by atoms with Crippen molar-refractivity contribution >= 4 is 27.1 Å². The zero-order valence-electron chi connectivity index (χ0n) is 5.33. The first-order valence-corrected chi connectivity index (χ1v) is 6.75. The van der Waals surface area contributed by atoms with Crippen LogP contribution in [0.25, 0.3) is 0 Å². The average molecular weight is 229 g/mol. The molecule has 0 atom stereocenters. The van der Waals surface area contributed by atoms with Crippen LogP contribution in [0.5, 0.6) is 0 Å². The third-order valence-electron chi connectivity index (χ3n) is 0.433. The van der Waals surface area contributed by atoms with E-state index in [4.69, 9.17) is 0 Å². The van der Waals surface area contributed by atoms with Crippen LogP contribution in [0.4, 0.5) is 0 Å². The predicted octanol–water partition coefficient (Wildman–Crippen LogP) is -5.50. The molecule has 0 radical (unpaired) electrons. The van der Waals surface area contributed by atoms with Gasteiger partial charge in [-0.3, -0.25) is 0 Å². The summed E-state index contributed by atoms with van der Waals surface area (Å²) in [6, 6.07) is 0. The molecule has 0 spiro atoms. The summed E-state index contributed by atoms with van der Waals surface area (Å²) in [5.74, 6) is 0. The van der Waals surface area contributed by atoms with Crippen LogP contribution in [0.1, 0.15) is 0 Å². The minimum Gasteiger partial charge on any atom is -1.00 e.